The summed E-state index contributed by atoms with van der Waals surface area (Å²) in [4.78, 5) is 26.9. The van der Waals surface area contributed by atoms with Crippen LogP contribution < -0.4 is 10.6 Å². The molecule has 2 N–H and O–H groups in total. The van der Waals surface area contributed by atoms with E-state index in [4.69, 9.17) is 0 Å². The lowest BCUT2D eigenvalue weighted by atomic mass is 10.3. The summed E-state index contributed by atoms with van der Waals surface area (Å²) in [5.74, 6) is -0.944. The van der Waals surface area contributed by atoms with Crippen LogP contribution in [0.25, 0.3) is 0 Å². The zero-order valence-corrected chi connectivity index (χ0v) is 11.9. The Morgan fingerprint density at radius 2 is 2.10 bits per heavy atom. The van der Waals surface area contributed by atoms with E-state index in [0.717, 1.165) is 11.3 Å². The number of aromatic nitrogens is 1. The summed E-state index contributed by atoms with van der Waals surface area (Å²) in [5.41, 5.74) is 0.564. The van der Waals surface area contributed by atoms with Gasteiger partial charge in [0.25, 0.3) is 0 Å². The Balaban J connectivity index is 1.94. The van der Waals surface area contributed by atoms with Gasteiger partial charge in [0.05, 0.1) is 24.9 Å². The van der Waals surface area contributed by atoms with Gasteiger partial charge in [0, 0.05) is 5.38 Å². The van der Waals surface area contributed by atoms with E-state index in [2.05, 4.69) is 20.4 Å². The fourth-order valence-corrected chi connectivity index (χ4v) is 2.18. The van der Waals surface area contributed by atoms with Gasteiger partial charge in [-0.2, -0.15) is 0 Å². The second kappa shape index (κ2) is 6.80. The SMILES string of the molecule is COC(=O)Cc1csc(NC(=O)Nc2ccccc2F)n1. The molecule has 0 saturated heterocycles. The number of methoxy groups -OCH3 is 1. The zero-order chi connectivity index (χ0) is 15.2. The number of hydrogen-bond donors (Lipinski definition) is 2. The molecule has 2 rings (SSSR count). The number of nitrogens with one attached hydrogen (secondary N) is 2. The van der Waals surface area contributed by atoms with Crippen LogP contribution in [0.2, 0.25) is 0 Å². The van der Waals surface area contributed by atoms with Crippen molar-refractivity contribution >= 4 is 34.2 Å². The van der Waals surface area contributed by atoms with Crippen molar-refractivity contribution in [1.82, 2.24) is 4.98 Å². The standard InChI is InChI=1S/C13H12FN3O3S/c1-20-11(18)6-8-7-21-13(15-8)17-12(19)16-10-5-3-2-4-9(10)14/h2-5,7H,6H2,1H3,(H2,15,16,17,19). The predicted octanol–water partition coefficient (Wildman–Crippen LogP) is 2.64. The highest BCUT2D eigenvalue weighted by Gasteiger charge is 2.11. The Kier molecular flexibility index (Phi) is 4.83. The van der Waals surface area contributed by atoms with Crippen molar-refractivity contribution in [3.63, 3.8) is 0 Å². The minimum absolute atomic E-state index is 0.0314. The Hall–Kier alpha value is -2.48. The lowest BCUT2D eigenvalue weighted by Gasteiger charge is -2.05. The Labute approximate surface area is 124 Å². The van der Waals surface area contributed by atoms with Gasteiger partial charge in [-0.15, -0.1) is 11.3 Å². The number of urea groups is 1. The van der Waals surface area contributed by atoms with Crippen molar-refractivity contribution in [2.45, 2.75) is 6.42 Å². The number of hydrogen-bond acceptors (Lipinski definition) is 5. The molecule has 8 heteroatoms. The third-order valence-electron chi connectivity index (χ3n) is 2.45. The molecule has 0 radical (unpaired) electrons. The number of rotatable bonds is 4. The number of ether oxygens (including phenoxy) is 1. The molecule has 0 aliphatic heterocycles. The first-order valence-electron chi connectivity index (χ1n) is 5.92. The molecule has 21 heavy (non-hydrogen) atoms. The molecule has 1 aromatic carbocycles. The molecule has 0 spiro atoms. The quantitative estimate of drug-likeness (QED) is 0.851. The van der Waals surface area contributed by atoms with Crippen LogP contribution in [0.5, 0.6) is 0 Å². The van der Waals surface area contributed by atoms with E-state index in [1.165, 1.54) is 25.3 Å². The first-order chi connectivity index (χ1) is 10.1. The number of benzene rings is 1. The molecule has 2 aromatic rings. The third-order valence-corrected chi connectivity index (χ3v) is 3.25. The molecule has 0 fully saturated rings. The summed E-state index contributed by atoms with van der Waals surface area (Å²) in [7, 11) is 1.29. The topological polar surface area (TPSA) is 80.3 Å². The molecule has 0 bridgehead atoms. The Morgan fingerprint density at radius 1 is 1.33 bits per heavy atom. The van der Waals surface area contributed by atoms with E-state index >= 15 is 0 Å². The first kappa shape index (κ1) is 14.9. The highest BCUT2D eigenvalue weighted by molar-refractivity contribution is 7.13. The molecular formula is C13H12FN3O3S. The molecule has 0 aliphatic carbocycles. The molecular weight excluding hydrogens is 297 g/mol. The summed E-state index contributed by atoms with van der Waals surface area (Å²) >= 11 is 1.16. The van der Waals surface area contributed by atoms with Gasteiger partial charge in [0.1, 0.15) is 5.82 Å². The maximum atomic E-state index is 13.4. The molecule has 2 amide bonds. The van der Waals surface area contributed by atoms with Crippen molar-refractivity contribution in [2.24, 2.45) is 0 Å². The summed E-state index contributed by atoms with van der Waals surface area (Å²) < 4.78 is 17.9. The summed E-state index contributed by atoms with van der Waals surface area (Å²) in [6, 6.07) is 5.21. The molecule has 6 nitrogen and oxygen atoms in total. The zero-order valence-electron chi connectivity index (χ0n) is 11.1. The number of anilines is 2. The number of carbonyl (C=O) groups excluding carboxylic acids is 2. The third kappa shape index (κ3) is 4.25. The lowest BCUT2D eigenvalue weighted by molar-refractivity contribution is -0.139. The van der Waals surface area contributed by atoms with Crippen molar-refractivity contribution in [1.29, 1.82) is 0 Å². The molecule has 1 aromatic heterocycles. The van der Waals surface area contributed by atoms with Gasteiger partial charge >= 0.3 is 12.0 Å². The minimum Gasteiger partial charge on any atom is -0.469 e. The number of carbonyl (C=O) groups is 2. The highest BCUT2D eigenvalue weighted by Crippen LogP contribution is 2.17. The summed E-state index contributed by atoms with van der Waals surface area (Å²) in [6.07, 6.45) is 0.0314. The van der Waals surface area contributed by atoms with Gasteiger partial charge in [0.15, 0.2) is 5.13 Å². The fourth-order valence-electron chi connectivity index (χ4n) is 1.48. The van der Waals surface area contributed by atoms with Crippen LogP contribution in [0.4, 0.5) is 20.0 Å². The van der Waals surface area contributed by atoms with E-state index < -0.39 is 17.8 Å². The van der Waals surface area contributed by atoms with Crippen LogP contribution in [-0.4, -0.2) is 24.1 Å². The molecule has 0 atom stereocenters. The van der Waals surface area contributed by atoms with Crippen LogP contribution in [0.15, 0.2) is 29.6 Å². The van der Waals surface area contributed by atoms with Crippen molar-refractivity contribution in [2.75, 3.05) is 17.7 Å². The van der Waals surface area contributed by atoms with E-state index in [9.17, 15) is 14.0 Å². The monoisotopic (exact) mass is 309 g/mol. The lowest BCUT2D eigenvalue weighted by Crippen LogP contribution is -2.20. The second-order valence-corrected chi connectivity index (χ2v) is 4.81. The number of halogens is 1. The van der Waals surface area contributed by atoms with Crippen LogP contribution in [0.1, 0.15) is 5.69 Å². The molecule has 0 aliphatic rings. The molecule has 0 saturated carbocycles. The van der Waals surface area contributed by atoms with E-state index in [1.54, 1.807) is 11.4 Å². The average molecular weight is 309 g/mol. The smallest absolute Gasteiger partial charge is 0.325 e. The maximum absolute atomic E-state index is 13.4. The van der Waals surface area contributed by atoms with Crippen LogP contribution in [0.3, 0.4) is 0 Å². The number of thiazole rings is 1. The van der Waals surface area contributed by atoms with Gasteiger partial charge in [-0.3, -0.25) is 10.1 Å². The van der Waals surface area contributed by atoms with Gasteiger partial charge in [-0.25, -0.2) is 14.2 Å². The first-order valence-corrected chi connectivity index (χ1v) is 6.80. The van der Waals surface area contributed by atoms with Gasteiger partial charge in [-0.05, 0) is 12.1 Å². The van der Waals surface area contributed by atoms with Crippen LogP contribution in [-0.2, 0) is 16.0 Å². The summed E-state index contributed by atoms with van der Waals surface area (Å²) in [5, 5.41) is 6.78. The number of para-hydroxylation sites is 1. The maximum Gasteiger partial charge on any atom is 0.325 e. The number of nitrogens with zero attached hydrogens (tertiary/aromatic N) is 1. The number of esters is 1. The van der Waals surface area contributed by atoms with Gasteiger partial charge < -0.3 is 10.1 Å². The molecule has 0 unspecified atom stereocenters. The van der Waals surface area contributed by atoms with E-state index in [1.807, 2.05) is 0 Å². The van der Waals surface area contributed by atoms with E-state index in [-0.39, 0.29) is 12.1 Å². The molecule has 1 heterocycles. The summed E-state index contributed by atoms with van der Waals surface area (Å²) in [6.45, 7) is 0. The second-order valence-electron chi connectivity index (χ2n) is 3.96. The van der Waals surface area contributed by atoms with Gasteiger partial charge in [-0.1, -0.05) is 12.1 Å². The fraction of sp³-hybridized carbons (Fsp3) is 0.154. The minimum atomic E-state index is -0.612. The largest absolute Gasteiger partial charge is 0.469 e. The van der Waals surface area contributed by atoms with Gasteiger partial charge in [0.2, 0.25) is 0 Å². The van der Waals surface area contributed by atoms with Crippen LogP contribution in [0, 0.1) is 5.82 Å². The van der Waals surface area contributed by atoms with Crippen molar-refractivity contribution in [3.8, 4) is 0 Å². The Morgan fingerprint density at radius 3 is 2.81 bits per heavy atom. The predicted molar refractivity (Wildman–Crippen MR) is 76.9 cm³/mol. The Bertz CT molecular complexity index is 660. The van der Waals surface area contributed by atoms with E-state index in [0.29, 0.717) is 10.8 Å². The number of amides is 2. The van der Waals surface area contributed by atoms with Crippen molar-refractivity contribution in [3.05, 3.63) is 41.2 Å². The normalized spacial score (nSPS) is 10.0. The highest BCUT2D eigenvalue weighted by atomic mass is 32.1. The molecule has 110 valence electrons. The van der Waals surface area contributed by atoms with Crippen molar-refractivity contribution < 1.29 is 18.7 Å². The average Bonchev–Trinajstić information content (AvgIpc) is 2.88. The van der Waals surface area contributed by atoms with Crippen LogP contribution >= 0.6 is 11.3 Å².